The first kappa shape index (κ1) is 11.8. The second-order valence-electron chi connectivity index (χ2n) is 4.77. The molecule has 5 nitrogen and oxygen atoms in total. The zero-order valence-corrected chi connectivity index (χ0v) is 10.2. The summed E-state index contributed by atoms with van der Waals surface area (Å²) < 4.78 is 4.58. The second-order valence-corrected chi connectivity index (χ2v) is 4.77. The summed E-state index contributed by atoms with van der Waals surface area (Å²) in [5.41, 5.74) is 0.371. The van der Waals surface area contributed by atoms with E-state index < -0.39 is 5.97 Å². The molecule has 1 aromatic rings. The van der Waals surface area contributed by atoms with Crippen LogP contribution in [0.15, 0.2) is 12.3 Å². The number of hydrogen-bond donors (Lipinski definition) is 1. The van der Waals surface area contributed by atoms with E-state index in [0.29, 0.717) is 11.2 Å². The van der Waals surface area contributed by atoms with Gasteiger partial charge in [0.15, 0.2) is 0 Å². The van der Waals surface area contributed by atoms with E-state index in [1.54, 1.807) is 12.3 Å². The predicted octanol–water partition coefficient (Wildman–Crippen LogP) is 1.87. The molecule has 0 aliphatic heterocycles. The van der Waals surface area contributed by atoms with Gasteiger partial charge in [0.05, 0.1) is 7.11 Å². The number of nitrogens with zero attached hydrogens (tertiary/aromatic N) is 2. The largest absolute Gasteiger partial charge is 0.463 e. The smallest absolute Gasteiger partial charge is 0.376 e. The van der Waals surface area contributed by atoms with Crippen LogP contribution < -0.4 is 5.32 Å². The monoisotopic (exact) mass is 235 g/mol. The van der Waals surface area contributed by atoms with Gasteiger partial charge in [-0.15, -0.1) is 0 Å². The summed E-state index contributed by atoms with van der Waals surface area (Å²) in [7, 11) is 1.32. The number of hydrogen-bond acceptors (Lipinski definition) is 5. The SMILES string of the molecule is COC(=O)c1nccc(NCC2(C)CCC2)n1. The molecule has 1 aromatic heterocycles. The molecule has 1 fully saturated rings. The van der Waals surface area contributed by atoms with Crippen molar-refractivity contribution in [2.24, 2.45) is 5.41 Å². The summed E-state index contributed by atoms with van der Waals surface area (Å²) in [5, 5.41) is 3.25. The quantitative estimate of drug-likeness (QED) is 0.807. The molecule has 0 spiro atoms. The van der Waals surface area contributed by atoms with Crippen LogP contribution >= 0.6 is 0 Å². The molecule has 0 saturated heterocycles. The zero-order valence-electron chi connectivity index (χ0n) is 10.2. The topological polar surface area (TPSA) is 64.1 Å². The van der Waals surface area contributed by atoms with Gasteiger partial charge in [-0.1, -0.05) is 13.3 Å². The normalized spacial score (nSPS) is 17.1. The van der Waals surface area contributed by atoms with E-state index in [4.69, 9.17) is 0 Å². The van der Waals surface area contributed by atoms with Crippen molar-refractivity contribution in [2.45, 2.75) is 26.2 Å². The first-order valence-electron chi connectivity index (χ1n) is 5.78. The summed E-state index contributed by atoms with van der Waals surface area (Å²) in [6.45, 7) is 3.14. The third-order valence-corrected chi connectivity index (χ3v) is 3.28. The van der Waals surface area contributed by atoms with Gasteiger partial charge in [0.1, 0.15) is 5.82 Å². The van der Waals surface area contributed by atoms with Gasteiger partial charge < -0.3 is 10.1 Å². The molecule has 92 valence electrons. The van der Waals surface area contributed by atoms with E-state index >= 15 is 0 Å². The van der Waals surface area contributed by atoms with Crippen molar-refractivity contribution < 1.29 is 9.53 Å². The van der Waals surface area contributed by atoms with Gasteiger partial charge in [-0.2, -0.15) is 0 Å². The second kappa shape index (κ2) is 4.69. The van der Waals surface area contributed by atoms with Gasteiger partial charge in [-0.25, -0.2) is 14.8 Å². The molecule has 0 atom stereocenters. The minimum Gasteiger partial charge on any atom is -0.463 e. The van der Waals surface area contributed by atoms with Crippen LogP contribution in [-0.4, -0.2) is 29.6 Å². The van der Waals surface area contributed by atoms with Crippen molar-refractivity contribution in [3.8, 4) is 0 Å². The standard InChI is InChI=1S/C12H17N3O2/c1-12(5-3-6-12)8-14-9-4-7-13-10(15-9)11(16)17-2/h4,7H,3,5-6,8H2,1-2H3,(H,13,14,15). The van der Waals surface area contributed by atoms with Crippen molar-refractivity contribution in [2.75, 3.05) is 19.0 Å². The van der Waals surface area contributed by atoms with Crippen molar-refractivity contribution in [3.05, 3.63) is 18.1 Å². The predicted molar refractivity (Wildman–Crippen MR) is 63.8 cm³/mol. The fraction of sp³-hybridized carbons (Fsp3) is 0.583. The fourth-order valence-electron chi connectivity index (χ4n) is 1.91. The van der Waals surface area contributed by atoms with E-state index in [0.717, 1.165) is 6.54 Å². The summed E-state index contributed by atoms with van der Waals surface area (Å²) in [6.07, 6.45) is 5.35. The van der Waals surface area contributed by atoms with Crippen molar-refractivity contribution in [3.63, 3.8) is 0 Å². The van der Waals surface area contributed by atoms with E-state index in [-0.39, 0.29) is 5.82 Å². The molecular formula is C12H17N3O2. The Morgan fingerprint density at radius 3 is 2.94 bits per heavy atom. The number of esters is 1. The van der Waals surface area contributed by atoms with Crippen LogP contribution in [0, 0.1) is 5.41 Å². The van der Waals surface area contributed by atoms with E-state index in [2.05, 4.69) is 26.9 Å². The third-order valence-electron chi connectivity index (χ3n) is 3.28. The van der Waals surface area contributed by atoms with Crippen LogP contribution in [0.25, 0.3) is 0 Å². The summed E-state index contributed by atoms with van der Waals surface area (Å²) in [6, 6.07) is 1.76. The maximum Gasteiger partial charge on any atom is 0.376 e. The average molecular weight is 235 g/mol. The molecule has 1 N–H and O–H groups in total. The lowest BCUT2D eigenvalue weighted by Crippen LogP contribution is -2.33. The van der Waals surface area contributed by atoms with Crippen LogP contribution in [0.4, 0.5) is 5.82 Å². The number of nitrogens with one attached hydrogen (secondary N) is 1. The highest BCUT2D eigenvalue weighted by Crippen LogP contribution is 2.39. The number of carbonyl (C=O) groups is 1. The highest BCUT2D eigenvalue weighted by molar-refractivity contribution is 5.85. The highest BCUT2D eigenvalue weighted by atomic mass is 16.5. The Hall–Kier alpha value is -1.65. The molecule has 1 aliphatic carbocycles. The molecule has 1 saturated carbocycles. The maximum absolute atomic E-state index is 11.3. The number of methoxy groups -OCH3 is 1. The Balaban J connectivity index is 1.98. The Bertz CT molecular complexity index is 416. The number of anilines is 1. The van der Waals surface area contributed by atoms with Crippen molar-refractivity contribution in [1.29, 1.82) is 0 Å². The van der Waals surface area contributed by atoms with Gasteiger partial charge in [-0.05, 0) is 24.3 Å². The van der Waals surface area contributed by atoms with Crippen molar-refractivity contribution in [1.82, 2.24) is 9.97 Å². The summed E-state index contributed by atoms with van der Waals surface area (Å²) in [5.74, 6) is 0.258. The minimum absolute atomic E-state index is 0.0938. The Kier molecular flexibility index (Phi) is 3.26. The average Bonchev–Trinajstić information content (AvgIpc) is 2.33. The van der Waals surface area contributed by atoms with Crippen LogP contribution in [0.2, 0.25) is 0 Å². The van der Waals surface area contributed by atoms with Crippen LogP contribution in [0.3, 0.4) is 0 Å². The molecule has 1 aliphatic rings. The lowest BCUT2D eigenvalue weighted by Gasteiger charge is -2.38. The van der Waals surface area contributed by atoms with E-state index in [1.165, 1.54) is 26.4 Å². The Morgan fingerprint density at radius 2 is 2.35 bits per heavy atom. The van der Waals surface area contributed by atoms with Gasteiger partial charge >= 0.3 is 5.97 Å². The number of ether oxygens (including phenoxy) is 1. The third kappa shape index (κ3) is 2.72. The first-order chi connectivity index (χ1) is 8.13. The van der Waals surface area contributed by atoms with Gasteiger partial charge in [0, 0.05) is 12.7 Å². The van der Waals surface area contributed by atoms with E-state index in [1.807, 2.05) is 0 Å². The lowest BCUT2D eigenvalue weighted by molar-refractivity contribution is 0.0587. The molecule has 1 heterocycles. The van der Waals surface area contributed by atoms with Crippen LogP contribution in [0.1, 0.15) is 36.8 Å². The van der Waals surface area contributed by atoms with Crippen LogP contribution in [-0.2, 0) is 4.74 Å². The first-order valence-corrected chi connectivity index (χ1v) is 5.78. The number of aromatic nitrogens is 2. The summed E-state index contributed by atoms with van der Waals surface area (Å²) >= 11 is 0. The Morgan fingerprint density at radius 1 is 1.59 bits per heavy atom. The molecule has 17 heavy (non-hydrogen) atoms. The number of rotatable bonds is 4. The summed E-state index contributed by atoms with van der Waals surface area (Å²) in [4.78, 5) is 19.2. The molecule has 0 radical (unpaired) electrons. The van der Waals surface area contributed by atoms with Gasteiger partial charge in [0.2, 0.25) is 5.82 Å². The molecule has 0 aromatic carbocycles. The zero-order chi connectivity index (χ0) is 12.3. The minimum atomic E-state index is -0.511. The highest BCUT2D eigenvalue weighted by Gasteiger charge is 2.31. The van der Waals surface area contributed by atoms with Gasteiger partial charge in [-0.3, -0.25) is 0 Å². The van der Waals surface area contributed by atoms with Gasteiger partial charge in [0.25, 0.3) is 0 Å². The Labute approximate surface area is 101 Å². The molecule has 5 heteroatoms. The lowest BCUT2D eigenvalue weighted by atomic mass is 9.70. The van der Waals surface area contributed by atoms with E-state index in [9.17, 15) is 4.79 Å². The maximum atomic E-state index is 11.3. The van der Waals surface area contributed by atoms with Crippen molar-refractivity contribution >= 4 is 11.8 Å². The molecule has 0 amide bonds. The molecular weight excluding hydrogens is 218 g/mol. The molecule has 2 rings (SSSR count). The fourth-order valence-corrected chi connectivity index (χ4v) is 1.91. The van der Waals surface area contributed by atoms with Crippen LogP contribution in [0.5, 0.6) is 0 Å². The molecule has 0 bridgehead atoms. The number of carbonyl (C=O) groups excluding carboxylic acids is 1. The molecule has 0 unspecified atom stereocenters.